The lowest BCUT2D eigenvalue weighted by Gasteiger charge is -2.43. The lowest BCUT2D eigenvalue weighted by Crippen LogP contribution is -2.69. The first-order chi connectivity index (χ1) is 11.7. The quantitative estimate of drug-likeness (QED) is 0.839. The fourth-order valence-corrected chi connectivity index (χ4v) is 2.12. The van der Waals surface area contributed by atoms with Crippen LogP contribution in [0.25, 0.3) is 0 Å². The van der Waals surface area contributed by atoms with E-state index >= 15 is 0 Å². The summed E-state index contributed by atoms with van der Waals surface area (Å²) in [6.45, 7) is 5.52. The van der Waals surface area contributed by atoms with E-state index in [1.807, 2.05) is 30.3 Å². The van der Waals surface area contributed by atoms with Gasteiger partial charge in [0.25, 0.3) is 5.91 Å². The molecule has 1 atom stereocenters. The number of carbonyl (C=O) groups excluding carboxylic acids is 3. The highest BCUT2D eigenvalue weighted by molar-refractivity contribution is 5.92. The fourth-order valence-electron chi connectivity index (χ4n) is 2.12. The molecule has 25 heavy (non-hydrogen) atoms. The second kappa shape index (κ2) is 7.42. The molecule has 8 heteroatoms. The summed E-state index contributed by atoms with van der Waals surface area (Å²) in [4.78, 5) is 35.8. The predicted molar refractivity (Wildman–Crippen MR) is 89.3 cm³/mol. The van der Waals surface area contributed by atoms with Crippen molar-refractivity contribution in [3.8, 4) is 0 Å². The second-order valence-corrected chi connectivity index (χ2v) is 6.68. The summed E-state index contributed by atoms with van der Waals surface area (Å²) in [6.07, 6.45) is -1.31. The van der Waals surface area contributed by atoms with Crippen molar-refractivity contribution < 1.29 is 23.9 Å². The maximum atomic E-state index is 12.1. The number of amides is 3. The molecule has 3 amide bonds. The number of nitrogens with one attached hydrogen (secondary N) is 1. The summed E-state index contributed by atoms with van der Waals surface area (Å²) in [5.74, 6) is -0.398. The average Bonchev–Trinajstić information content (AvgIpc) is 2.55. The van der Waals surface area contributed by atoms with Crippen LogP contribution in [0, 0.1) is 0 Å². The highest BCUT2D eigenvalue weighted by atomic mass is 16.6. The van der Waals surface area contributed by atoms with Gasteiger partial charge < -0.3 is 14.8 Å². The van der Waals surface area contributed by atoms with Crippen molar-refractivity contribution in [3.05, 3.63) is 35.9 Å². The van der Waals surface area contributed by atoms with E-state index in [-0.39, 0.29) is 13.2 Å². The minimum Gasteiger partial charge on any atom is -0.445 e. The van der Waals surface area contributed by atoms with Gasteiger partial charge in [-0.2, -0.15) is 0 Å². The smallest absolute Gasteiger partial charge is 0.429 e. The number of benzene rings is 1. The summed E-state index contributed by atoms with van der Waals surface area (Å²) in [5, 5.41) is 4.78. The number of β-lactam (4-membered cyclic amide) rings is 1. The predicted octanol–water partition coefficient (Wildman–Crippen LogP) is 1.91. The van der Waals surface area contributed by atoms with E-state index in [1.165, 1.54) is 12.1 Å². The largest absolute Gasteiger partial charge is 0.445 e. The van der Waals surface area contributed by atoms with Crippen LogP contribution in [0.2, 0.25) is 0 Å². The SMILES string of the molecule is CN(C(=O)OC(C)(C)C)N1C[C@H](NC(=O)OCc2ccccc2)C1=O. The first-order valence-corrected chi connectivity index (χ1v) is 7.92. The minimum absolute atomic E-state index is 0.120. The van der Waals surface area contributed by atoms with Gasteiger partial charge in [-0.15, -0.1) is 0 Å². The summed E-state index contributed by atoms with van der Waals surface area (Å²) < 4.78 is 10.3. The molecule has 1 aromatic rings. The molecule has 0 saturated carbocycles. The van der Waals surface area contributed by atoms with Crippen molar-refractivity contribution in [1.29, 1.82) is 0 Å². The van der Waals surface area contributed by atoms with E-state index in [0.29, 0.717) is 0 Å². The number of hydrazine groups is 1. The van der Waals surface area contributed by atoms with Gasteiger partial charge in [-0.05, 0) is 26.3 Å². The zero-order chi connectivity index (χ0) is 18.6. The Morgan fingerprint density at radius 3 is 2.48 bits per heavy atom. The van der Waals surface area contributed by atoms with Gasteiger partial charge >= 0.3 is 12.2 Å². The number of hydrogen-bond acceptors (Lipinski definition) is 5. The standard InChI is InChI=1S/C17H23N3O5/c1-17(2,3)25-16(23)19(4)20-10-13(14(20)21)18-15(22)24-11-12-8-6-5-7-9-12/h5-9,13H,10-11H2,1-4H3,(H,18,22)/t13-/m0/s1. The third kappa shape index (κ3) is 5.10. The molecule has 1 N–H and O–H groups in total. The van der Waals surface area contributed by atoms with E-state index in [2.05, 4.69) is 5.32 Å². The van der Waals surface area contributed by atoms with Crippen LogP contribution in [0.3, 0.4) is 0 Å². The second-order valence-electron chi connectivity index (χ2n) is 6.68. The molecule has 1 aliphatic heterocycles. The van der Waals surface area contributed by atoms with Gasteiger partial charge in [-0.1, -0.05) is 30.3 Å². The molecule has 0 bridgehead atoms. The molecule has 0 aliphatic carbocycles. The molecule has 0 aromatic heterocycles. The van der Waals surface area contributed by atoms with Gasteiger partial charge in [0.1, 0.15) is 18.2 Å². The average molecular weight is 349 g/mol. The Kier molecular flexibility index (Phi) is 5.51. The van der Waals surface area contributed by atoms with Crippen LogP contribution >= 0.6 is 0 Å². The molecular weight excluding hydrogens is 326 g/mol. The Hall–Kier alpha value is -2.77. The van der Waals surface area contributed by atoms with Crippen molar-refractivity contribution in [2.75, 3.05) is 13.6 Å². The van der Waals surface area contributed by atoms with Gasteiger partial charge in [-0.25, -0.2) is 19.6 Å². The number of alkyl carbamates (subject to hydrolysis) is 1. The van der Waals surface area contributed by atoms with Crippen molar-refractivity contribution in [2.24, 2.45) is 0 Å². The highest BCUT2D eigenvalue weighted by Gasteiger charge is 2.43. The zero-order valence-corrected chi connectivity index (χ0v) is 14.8. The third-order valence-corrected chi connectivity index (χ3v) is 3.43. The van der Waals surface area contributed by atoms with Gasteiger partial charge in [0.15, 0.2) is 0 Å². The normalized spacial score (nSPS) is 16.7. The molecule has 1 aromatic carbocycles. The molecule has 2 rings (SSSR count). The summed E-state index contributed by atoms with van der Waals surface area (Å²) in [5.41, 5.74) is 0.196. The number of hydrogen-bond donors (Lipinski definition) is 1. The van der Waals surface area contributed by atoms with E-state index in [4.69, 9.17) is 9.47 Å². The Labute approximate surface area is 146 Å². The minimum atomic E-state index is -0.715. The van der Waals surface area contributed by atoms with E-state index in [0.717, 1.165) is 10.6 Å². The van der Waals surface area contributed by atoms with E-state index < -0.39 is 29.7 Å². The van der Waals surface area contributed by atoms with Crippen molar-refractivity contribution in [3.63, 3.8) is 0 Å². The van der Waals surface area contributed by atoms with Crippen LogP contribution in [-0.4, -0.2) is 53.3 Å². The van der Waals surface area contributed by atoms with Gasteiger partial charge in [0, 0.05) is 7.05 Å². The highest BCUT2D eigenvalue weighted by Crippen LogP contribution is 2.16. The maximum Gasteiger partial charge on any atom is 0.429 e. The molecule has 1 saturated heterocycles. The monoisotopic (exact) mass is 349 g/mol. The molecule has 8 nitrogen and oxygen atoms in total. The summed E-state index contributed by atoms with van der Waals surface area (Å²) in [6, 6.07) is 8.51. The lowest BCUT2D eigenvalue weighted by molar-refractivity contribution is -0.164. The van der Waals surface area contributed by atoms with Crippen LogP contribution in [0.5, 0.6) is 0 Å². The first kappa shape index (κ1) is 18.6. The van der Waals surface area contributed by atoms with Crippen molar-refractivity contribution >= 4 is 18.1 Å². The van der Waals surface area contributed by atoms with Crippen LogP contribution in [0.4, 0.5) is 9.59 Å². The van der Waals surface area contributed by atoms with Gasteiger partial charge in [-0.3, -0.25) is 4.79 Å². The Bertz CT molecular complexity index is 641. The zero-order valence-electron chi connectivity index (χ0n) is 14.8. The molecule has 136 valence electrons. The Morgan fingerprint density at radius 1 is 1.28 bits per heavy atom. The number of carbonyl (C=O) groups is 3. The molecule has 0 unspecified atom stereocenters. The van der Waals surface area contributed by atoms with Gasteiger partial charge in [0.2, 0.25) is 0 Å². The molecule has 1 heterocycles. The summed E-state index contributed by atoms with van der Waals surface area (Å²) >= 11 is 0. The topological polar surface area (TPSA) is 88.2 Å². The Balaban J connectivity index is 1.76. The lowest BCUT2D eigenvalue weighted by atomic mass is 10.1. The number of ether oxygens (including phenoxy) is 2. The molecule has 1 aliphatic rings. The third-order valence-electron chi connectivity index (χ3n) is 3.43. The van der Waals surface area contributed by atoms with E-state index in [9.17, 15) is 14.4 Å². The van der Waals surface area contributed by atoms with Crippen LogP contribution < -0.4 is 5.32 Å². The van der Waals surface area contributed by atoms with Crippen LogP contribution in [-0.2, 0) is 20.9 Å². The molecule has 1 fully saturated rings. The molecule has 0 spiro atoms. The summed E-state index contributed by atoms with van der Waals surface area (Å²) in [7, 11) is 1.44. The fraction of sp³-hybridized carbons (Fsp3) is 0.471. The van der Waals surface area contributed by atoms with Crippen molar-refractivity contribution in [1.82, 2.24) is 15.3 Å². The van der Waals surface area contributed by atoms with Gasteiger partial charge in [0.05, 0.1) is 6.54 Å². The van der Waals surface area contributed by atoms with Crippen LogP contribution in [0.15, 0.2) is 30.3 Å². The van der Waals surface area contributed by atoms with Crippen LogP contribution in [0.1, 0.15) is 26.3 Å². The Morgan fingerprint density at radius 2 is 1.92 bits per heavy atom. The molecule has 0 radical (unpaired) electrons. The van der Waals surface area contributed by atoms with Crippen molar-refractivity contribution in [2.45, 2.75) is 39.0 Å². The number of nitrogens with zero attached hydrogens (tertiary/aromatic N) is 2. The first-order valence-electron chi connectivity index (χ1n) is 7.92. The molecular formula is C17H23N3O5. The van der Waals surface area contributed by atoms with E-state index in [1.54, 1.807) is 20.8 Å². The number of rotatable bonds is 4. The maximum absolute atomic E-state index is 12.1.